The smallest absolute Gasteiger partial charge is 0.305 e. The van der Waals surface area contributed by atoms with E-state index in [-0.39, 0.29) is 64.3 Å². The lowest BCUT2D eigenvalue weighted by Crippen LogP contribution is -2.42. The van der Waals surface area contributed by atoms with Crippen molar-refractivity contribution in [3.63, 3.8) is 0 Å². The second-order valence-electron chi connectivity index (χ2n) is 9.36. The van der Waals surface area contributed by atoms with E-state index in [1.165, 1.54) is 7.11 Å². The normalized spacial score (nSPS) is 33.1. The van der Waals surface area contributed by atoms with E-state index in [4.69, 9.17) is 9.84 Å². The number of hydrogen-bond donors (Lipinski definition) is 3. The van der Waals surface area contributed by atoms with Crippen LogP contribution in [-0.4, -0.2) is 56.8 Å². The van der Waals surface area contributed by atoms with Gasteiger partial charge in [0.05, 0.1) is 30.4 Å². The summed E-state index contributed by atoms with van der Waals surface area (Å²) in [5, 5.41) is 20.0. The lowest BCUT2D eigenvalue weighted by Gasteiger charge is -2.43. The van der Waals surface area contributed by atoms with E-state index >= 15 is 0 Å². The van der Waals surface area contributed by atoms with Crippen LogP contribution < -0.4 is 9.61 Å². The quantitative estimate of drug-likeness (QED) is 0.529. The number of thiazole rings is 1. The fourth-order valence-corrected chi connectivity index (χ4v) is 9.66. The number of fused-ring (bicyclic) bond motifs is 9. The van der Waals surface area contributed by atoms with Crippen LogP contribution in [0, 0.1) is 29.6 Å². The van der Waals surface area contributed by atoms with Gasteiger partial charge in [0.2, 0.25) is 11.8 Å². The first-order valence-electron chi connectivity index (χ1n) is 11.1. The van der Waals surface area contributed by atoms with Gasteiger partial charge in [0, 0.05) is 22.6 Å². The van der Waals surface area contributed by atoms with Crippen molar-refractivity contribution >= 4 is 40.9 Å². The van der Waals surface area contributed by atoms with Crippen LogP contribution in [0.15, 0.2) is 28.0 Å². The number of ether oxygens (including phenoxy) is 1. The van der Waals surface area contributed by atoms with Crippen LogP contribution in [0.3, 0.4) is 0 Å². The van der Waals surface area contributed by atoms with Gasteiger partial charge >= 0.3 is 10.8 Å². The summed E-state index contributed by atoms with van der Waals surface area (Å²) < 4.78 is 5.33. The number of H-pyrrole nitrogens is 1. The summed E-state index contributed by atoms with van der Waals surface area (Å²) in [4.78, 5) is 54.7. The predicted octanol–water partition coefficient (Wildman–Crippen LogP) is 2.10. The van der Waals surface area contributed by atoms with Crippen molar-refractivity contribution in [2.75, 3.05) is 13.7 Å². The van der Waals surface area contributed by atoms with E-state index in [2.05, 4.69) is 4.98 Å². The number of aliphatic carboxylic acids is 1. The van der Waals surface area contributed by atoms with Gasteiger partial charge in [-0.15, -0.1) is 11.8 Å². The number of aromatic amines is 1. The average molecular weight is 503 g/mol. The number of thioether (sulfide) groups is 1. The molecule has 9 nitrogen and oxygen atoms in total. The van der Waals surface area contributed by atoms with Crippen LogP contribution in [0.1, 0.15) is 29.2 Å². The topological polar surface area (TPSA) is 137 Å². The van der Waals surface area contributed by atoms with Crippen molar-refractivity contribution in [2.45, 2.75) is 29.0 Å². The van der Waals surface area contributed by atoms with Crippen molar-refractivity contribution in [2.24, 2.45) is 29.6 Å². The number of nitrogens with zero attached hydrogens (tertiary/aromatic N) is 1. The van der Waals surface area contributed by atoms with Gasteiger partial charge in [-0.25, -0.2) is 0 Å². The third-order valence-electron chi connectivity index (χ3n) is 7.93. The van der Waals surface area contributed by atoms with E-state index in [9.17, 15) is 24.3 Å². The first kappa shape index (κ1) is 21.7. The molecule has 1 aromatic heterocycles. The molecule has 0 spiro atoms. The third kappa shape index (κ3) is 2.92. The summed E-state index contributed by atoms with van der Waals surface area (Å²) in [6.07, 6.45) is 0.495. The van der Waals surface area contributed by atoms with Gasteiger partial charge in [-0.05, 0) is 41.9 Å². The number of methoxy groups -OCH3 is 1. The number of imide groups is 1. The van der Waals surface area contributed by atoms with Crippen LogP contribution >= 0.6 is 23.1 Å². The molecule has 0 unspecified atom stereocenters. The molecule has 34 heavy (non-hydrogen) atoms. The minimum atomic E-state index is -1.04. The number of aromatic nitrogens is 1. The maximum atomic E-state index is 13.3. The summed E-state index contributed by atoms with van der Waals surface area (Å²) >= 11 is 2.76. The molecule has 3 heterocycles. The maximum absolute atomic E-state index is 13.3. The minimum Gasteiger partial charge on any atom is -0.504 e. The largest absolute Gasteiger partial charge is 0.504 e. The van der Waals surface area contributed by atoms with Gasteiger partial charge in [0.15, 0.2) is 11.5 Å². The monoisotopic (exact) mass is 502 g/mol. The van der Waals surface area contributed by atoms with Crippen LogP contribution in [0.2, 0.25) is 0 Å². The average Bonchev–Trinajstić information content (AvgIpc) is 3.52. The van der Waals surface area contributed by atoms with Crippen LogP contribution in [0.4, 0.5) is 0 Å². The molecule has 3 fully saturated rings. The second-order valence-corrected chi connectivity index (χ2v) is 11.6. The Morgan fingerprint density at radius 1 is 1.21 bits per heavy atom. The van der Waals surface area contributed by atoms with Crippen molar-refractivity contribution in [1.29, 1.82) is 0 Å². The number of rotatable bonds is 5. The molecule has 2 aliphatic carbocycles. The molecule has 2 bridgehead atoms. The molecule has 2 aliphatic heterocycles. The molecule has 11 heteroatoms. The van der Waals surface area contributed by atoms with Crippen LogP contribution in [0.25, 0.3) is 0 Å². The molecule has 2 aromatic rings. The zero-order chi connectivity index (χ0) is 23.9. The Hall–Kier alpha value is -2.79. The Bertz CT molecular complexity index is 1290. The van der Waals surface area contributed by atoms with Crippen molar-refractivity contribution in [3.05, 3.63) is 38.3 Å². The van der Waals surface area contributed by atoms with E-state index in [1.54, 1.807) is 23.9 Å². The minimum absolute atomic E-state index is 0.0191. The highest BCUT2D eigenvalue weighted by Crippen LogP contribution is 2.68. The standard InChI is InChI=1S/C23H22N2O7S2/c1-32-12-6-8(2-3-11(12)26)14-15-9-7-10(18(15)33-20-19(14)34-23(31)24-20)17-16(9)21(29)25(22(17)30)5-4-13(27)28/h2-3,6,9-10,14-18,26H,4-5,7H2,1H3,(H,24,31)(H,27,28)/t9-,10+,14-,15+,16+,17+,18-/m0/s1. The first-order valence-corrected chi connectivity index (χ1v) is 12.8. The molecule has 1 aromatic carbocycles. The molecule has 3 N–H and O–H groups in total. The number of carboxylic acids is 1. The van der Waals surface area contributed by atoms with Crippen molar-refractivity contribution < 1.29 is 29.3 Å². The Morgan fingerprint density at radius 2 is 1.94 bits per heavy atom. The number of carbonyl (C=O) groups is 3. The first-order chi connectivity index (χ1) is 16.3. The summed E-state index contributed by atoms with van der Waals surface area (Å²) in [5.74, 6) is -2.29. The van der Waals surface area contributed by atoms with E-state index < -0.39 is 17.8 Å². The summed E-state index contributed by atoms with van der Waals surface area (Å²) in [7, 11) is 1.48. The third-order valence-corrected chi connectivity index (χ3v) is 10.5. The molecule has 178 valence electrons. The van der Waals surface area contributed by atoms with Gasteiger partial charge in [0.25, 0.3) is 0 Å². The van der Waals surface area contributed by atoms with Gasteiger partial charge < -0.3 is 19.9 Å². The molecular formula is C23H22N2O7S2. The maximum Gasteiger partial charge on any atom is 0.305 e. The predicted molar refractivity (Wildman–Crippen MR) is 122 cm³/mol. The Morgan fingerprint density at radius 3 is 2.65 bits per heavy atom. The number of phenols is 1. The highest BCUT2D eigenvalue weighted by Gasteiger charge is 2.69. The van der Waals surface area contributed by atoms with E-state index in [1.807, 2.05) is 6.07 Å². The zero-order valence-corrected chi connectivity index (χ0v) is 19.7. The number of likely N-dealkylation sites (tertiary alicyclic amines) is 1. The fraction of sp³-hybridized carbons (Fsp3) is 0.478. The number of nitrogens with one attached hydrogen (secondary N) is 1. The Labute approximate surface area is 202 Å². The number of hydrogen-bond acceptors (Lipinski definition) is 8. The number of phenolic OH excluding ortho intramolecular Hbond substituents is 1. The number of carbonyl (C=O) groups excluding carboxylic acids is 2. The second kappa shape index (κ2) is 7.61. The Kier molecular flexibility index (Phi) is 4.86. The number of carboxylic acid groups (broad SMARTS) is 1. The van der Waals surface area contributed by atoms with Gasteiger partial charge in [-0.2, -0.15) is 0 Å². The fourth-order valence-electron chi connectivity index (χ4n) is 6.77. The molecule has 6 rings (SSSR count). The van der Waals surface area contributed by atoms with Gasteiger partial charge in [-0.1, -0.05) is 17.4 Å². The van der Waals surface area contributed by atoms with Crippen LogP contribution in [-0.2, 0) is 14.4 Å². The van der Waals surface area contributed by atoms with Crippen molar-refractivity contribution in [1.82, 2.24) is 9.88 Å². The lowest BCUT2D eigenvalue weighted by molar-refractivity contribution is -0.142. The van der Waals surface area contributed by atoms with Crippen molar-refractivity contribution in [3.8, 4) is 11.5 Å². The van der Waals surface area contributed by atoms with Crippen LogP contribution in [0.5, 0.6) is 11.5 Å². The molecule has 2 amide bonds. The summed E-state index contributed by atoms with van der Waals surface area (Å²) in [6.45, 7) is -0.0961. The zero-order valence-electron chi connectivity index (χ0n) is 18.1. The Balaban J connectivity index is 1.42. The number of benzene rings is 1. The van der Waals surface area contributed by atoms with E-state index in [0.29, 0.717) is 5.75 Å². The number of amides is 2. The highest BCUT2D eigenvalue weighted by atomic mass is 32.2. The SMILES string of the molecule is COc1cc([C@@H]2c3sc(=O)[nH]c3S[C@H]3[C@@H]4C[C@H]([C@H]5C(=O)N(CCC(=O)O)C(=O)[C@H]45)[C@H]23)ccc1O. The lowest BCUT2D eigenvalue weighted by atomic mass is 9.68. The number of aromatic hydroxyl groups is 1. The highest BCUT2D eigenvalue weighted by molar-refractivity contribution is 8.00. The molecule has 7 atom stereocenters. The van der Waals surface area contributed by atoms with E-state index in [0.717, 1.165) is 38.1 Å². The molecule has 0 radical (unpaired) electrons. The van der Waals surface area contributed by atoms with Gasteiger partial charge in [0.1, 0.15) is 0 Å². The molecular weight excluding hydrogens is 480 g/mol. The van der Waals surface area contributed by atoms with Gasteiger partial charge in [-0.3, -0.25) is 24.1 Å². The molecule has 1 saturated heterocycles. The summed E-state index contributed by atoms with van der Waals surface area (Å²) in [5.41, 5.74) is 0.894. The molecule has 4 aliphatic rings. The summed E-state index contributed by atoms with van der Waals surface area (Å²) in [6, 6.07) is 5.19. The molecule has 2 saturated carbocycles.